The van der Waals surface area contributed by atoms with Crippen LogP contribution in [0.5, 0.6) is 23.0 Å². The standard InChI is InChI=1S/C31H30ClNO3/c1-3-8-25-19-24(20-30(34-4-2)31(25)35-22-23-11-13-26(32)14-12-23)21-33-27-15-17-29(18-16-27)36-28-9-6-5-7-10-28/h3,5-7,9-20,33H,1,4,8,21-22H2,2H3. The number of nitrogens with one attached hydrogen (secondary N) is 1. The molecule has 0 aliphatic heterocycles. The third kappa shape index (κ3) is 7.06. The third-order valence-corrected chi connectivity index (χ3v) is 5.73. The average molecular weight is 500 g/mol. The van der Waals surface area contributed by atoms with Gasteiger partial charge in [-0.1, -0.05) is 48.0 Å². The van der Waals surface area contributed by atoms with Crippen LogP contribution in [0.25, 0.3) is 0 Å². The van der Waals surface area contributed by atoms with E-state index in [-0.39, 0.29) is 0 Å². The molecule has 4 aromatic carbocycles. The van der Waals surface area contributed by atoms with E-state index in [2.05, 4.69) is 18.0 Å². The first kappa shape index (κ1) is 25.2. The van der Waals surface area contributed by atoms with Gasteiger partial charge in [-0.15, -0.1) is 6.58 Å². The normalized spacial score (nSPS) is 10.5. The molecule has 0 spiro atoms. The van der Waals surface area contributed by atoms with E-state index in [1.807, 2.05) is 97.9 Å². The molecule has 0 saturated carbocycles. The van der Waals surface area contributed by atoms with Crippen molar-refractivity contribution in [3.05, 3.63) is 125 Å². The molecule has 4 nitrogen and oxygen atoms in total. The summed E-state index contributed by atoms with van der Waals surface area (Å²) in [5.74, 6) is 3.09. The molecular formula is C31H30ClNO3. The summed E-state index contributed by atoms with van der Waals surface area (Å²) < 4.78 is 18.1. The van der Waals surface area contributed by atoms with E-state index >= 15 is 0 Å². The van der Waals surface area contributed by atoms with Gasteiger partial charge < -0.3 is 19.5 Å². The highest BCUT2D eigenvalue weighted by Gasteiger charge is 2.14. The summed E-state index contributed by atoms with van der Waals surface area (Å²) in [5.41, 5.74) is 4.17. The van der Waals surface area contributed by atoms with Crippen molar-refractivity contribution in [2.75, 3.05) is 11.9 Å². The second-order valence-corrected chi connectivity index (χ2v) is 8.65. The van der Waals surface area contributed by atoms with Crippen LogP contribution in [0.15, 0.2) is 104 Å². The monoisotopic (exact) mass is 499 g/mol. The third-order valence-electron chi connectivity index (χ3n) is 5.48. The molecule has 0 amide bonds. The molecule has 0 unspecified atom stereocenters. The van der Waals surface area contributed by atoms with Crippen molar-refractivity contribution in [2.45, 2.75) is 26.5 Å². The number of allylic oxidation sites excluding steroid dienone is 1. The smallest absolute Gasteiger partial charge is 0.165 e. The van der Waals surface area contributed by atoms with Crippen molar-refractivity contribution in [2.24, 2.45) is 0 Å². The van der Waals surface area contributed by atoms with Gasteiger partial charge in [0.05, 0.1) is 6.61 Å². The number of rotatable bonds is 12. The maximum Gasteiger partial charge on any atom is 0.165 e. The van der Waals surface area contributed by atoms with Gasteiger partial charge >= 0.3 is 0 Å². The Kier molecular flexibility index (Phi) is 8.90. The van der Waals surface area contributed by atoms with Crippen molar-refractivity contribution < 1.29 is 14.2 Å². The number of para-hydroxylation sites is 1. The van der Waals surface area contributed by atoms with Crippen LogP contribution < -0.4 is 19.5 Å². The molecule has 0 saturated heterocycles. The Hall–Kier alpha value is -3.89. The molecule has 0 aromatic heterocycles. The maximum absolute atomic E-state index is 6.23. The number of benzene rings is 4. The van der Waals surface area contributed by atoms with Crippen molar-refractivity contribution in [3.63, 3.8) is 0 Å². The summed E-state index contributed by atoms with van der Waals surface area (Å²) in [5, 5.41) is 4.19. The number of halogens is 1. The largest absolute Gasteiger partial charge is 0.490 e. The lowest BCUT2D eigenvalue weighted by Gasteiger charge is -2.18. The van der Waals surface area contributed by atoms with Crippen LogP contribution in [0, 0.1) is 0 Å². The van der Waals surface area contributed by atoms with Crippen LogP contribution in [0.4, 0.5) is 5.69 Å². The molecule has 1 N–H and O–H groups in total. The Morgan fingerprint density at radius 1 is 0.833 bits per heavy atom. The van der Waals surface area contributed by atoms with Crippen LogP contribution in [0.2, 0.25) is 5.02 Å². The average Bonchev–Trinajstić information content (AvgIpc) is 2.90. The van der Waals surface area contributed by atoms with Crippen molar-refractivity contribution in [3.8, 4) is 23.0 Å². The molecule has 0 aliphatic carbocycles. The highest BCUT2D eigenvalue weighted by molar-refractivity contribution is 6.30. The molecule has 5 heteroatoms. The van der Waals surface area contributed by atoms with Gasteiger partial charge in [0.15, 0.2) is 11.5 Å². The van der Waals surface area contributed by atoms with Crippen LogP contribution in [-0.4, -0.2) is 6.61 Å². The maximum atomic E-state index is 6.23. The molecule has 0 radical (unpaired) electrons. The van der Waals surface area contributed by atoms with Gasteiger partial charge in [-0.3, -0.25) is 0 Å². The van der Waals surface area contributed by atoms with Gasteiger partial charge in [0.25, 0.3) is 0 Å². The molecule has 0 bridgehead atoms. The van der Waals surface area contributed by atoms with Gasteiger partial charge in [0, 0.05) is 22.8 Å². The number of hydrogen-bond donors (Lipinski definition) is 1. The lowest BCUT2D eigenvalue weighted by atomic mass is 10.0. The molecule has 0 atom stereocenters. The van der Waals surface area contributed by atoms with E-state index in [0.29, 0.717) is 31.2 Å². The topological polar surface area (TPSA) is 39.7 Å². The Labute approximate surface area is 218 Å². The summed E-state index contributed by atoms with van der Waals surface area (Å²) in [6.45, 7) is 7.51. The Bertz CT molecular complexity index is 1260. The lowest BCUT2D eigenvalue weighted by Crippen LogP contribution is -2.06. The van der Waals surface area contributed by atoms with Crippen molar-refractivity contribution >= 4 is 17.3 Å². The Morgan fingerprint density at radius 3 is 2.25 bits per heavy atom. The Morgan fingerprint density at radius 2 is 1.56 bits per heavy atom. The zero-order valence-corrected chi connectivity index (χ0v) is 21.1. The predicted molar refractivity (Wildman–Crippen MR) is 148 cm³/mol. The van der Waals surface area contributed by atoms with Crippen LogP contribution in [-0.2, 0) is 19.6 Å². The van der Waals surface area contributed by atoms with E-state index in [4.69, 9.17) is 25.8 Å². The van der Waals surface area contributed by atoms with Gasteiger partial charge in [0.1, 0.15) is 18.1 Å². The molecule has 0 fully saturated rings. The summed E-state index contributed by atoms with van der Waals surface area (Å²) in [6.07, 6.45) is 2.55. The van der Waals surface area contributed by atoms with Gasteiger partial charge in [-0.2, -0.15) is 0 Å². The fourth-order valence-electron chi connectivity index (χ4n) is 3.76. The molecule has 184 valence electrons. The number of anilines is 1. The predicted octanol–water partition coefficient (Wildman–Crippen LogP) is 8.45. The summed E-state index contributed by atoms with van der Waals surface area (Å²) in [7, 11) is 0. The Balaban J connectivity index is 1.46. The molecule has 0 heterocycles. The minimum Gasteiger partial charge on any atom is -0.490 e. The quantitative estimate of drug-likeness (QED) is 0.198. The molecule has 36 heavy (non-hydrogen) atoms. The zero-order chi connectivity index (χ0) is 25.2. The van der Waals surface area contributed by atoms with E-state index in [1.165, 1.54) is 0 Å². The minimum atomic E-state index is 0.427. The fourth-order valence-corrected chi connectivity index (χ4v) is 3.89. The van der Waals surface area contributed by atoms with E-state index < -0.39 is 0 Å². The number of hydrogen-bond acceptors (Lipinski definition) is 4. The second-order valence-electron chi connectivity index (χ2n) is 8.22. The summed E-state index contributed by atoms with van der Waals surface area (Å²) in [6, 6.07) is 29.5. The first-order valence-electron chi connectivity index (χ1n) is 12.0. The number of ether oxygens (including phenoxy) is 3. The zero-order valence-electron chi connectivity index (χ0n) is 20.4. The minimum absolute atomic E-state index is 0.427. The first-order valence-corrected chi connectivity index (χ1v) is 12.4. The van der Waals surface area contributed by atoms with Gasteiger partial charge in [-0.05, 0) is 85.1 Å². The van der Waals surface area contributed by atoms with Gasteiger partial charge in [-0.25, -0.2) is 0 Å². The molecular weight excluding hydrogens is 470 g/mol. The van der Waals surface area contributed by atoms with Crippen molar-refractivity contribution in [1.29, 1.82) is 0 Å². The molecule has 4 aromatic rings. The van der Waals surface area contributed by atoms with E-state index in [1.54, 1.807) is 0 Å². The van der Waals surface area contributed by atoms with Crippen LogP contribution in [0.3, 0.4) is 0 Å². The highest BCUT2D eigenvalue weighted by Crippen LogP contribution is 2.35. The fraction of sp³-hybridized carbons (Fsp3) is 0.161. The highest BCUT2D eigenvalue weighted by atomic mass is 35.5. The SMILES string of the molecule is C=CCc1cc(CNc2ccc(Oc3ccccc3)cc2)cc(OCC)c1OCc1ccc(Cl)cc1. The van der Waals surface area contributed by atoms with Crippen LogP contribution >= 0.6 is 11.6 Å². The molecule has 4 rings (SSSR count). The summed E-state index contributed by atoms with van der Waals surface area (Å²) in [4.78, 5) is 0. The second kappa shape index (κ2) is 12.7. The van der Waals surface area contributed by atoms with Crippen molar-refractivity contribution in [1.82, 2.24) is 0 Å². The summed E-state index contributed by atoms with van der Waals surface area (Å²) >= 11 is 6.01. The van der Waals surface area contributed by atoms with Crippen LogP contribution in [0.1, 0.15) is 23.6 Å². The van der Waals surface area contributed by atoms with E-state index in [9.17, 15) is 0 Å². The lowest BCUT2D eigenvalue weighted by molar-refractivity contribution is 0.267. The first-order chi connectivity index (χ1) is 17.6. The van der Waals surface area contributed by atoms with Gasteiger partial charge in [0.2, 0.25) is 0 Å². The van der Waals surface area contributed by atoms with E-state index in [0.717, 1.165) is 45.4 Å². The molecule has 0 aliphatic rings.